The van der Waals surface area contributed by atoms with E-state index in [-0.39, 0.29) is 5.91 Å². The van der Waals surface area contributed by atoms with Gasteiger partial charge >= 0.3 is 0 Å². The van der Waals surface area contributed by atoms with Gasteiger partial charge in [0, 0.05) is 17.1 Å². The van der Waals surface area contributed by atoms with Crippen LogP contribution in [0.4, 0.5) is 0 Å². The van der Waals surface area contributed by atoms with E-state index >= 15 is 0 Å². The van der Waals surface area contributed by atoms with E-state index in [9.17, 15) is 9.90 Å². The number of amides is 1. The molecule has 120 valence electrons. The van der Waals surface area contributed by atoms with Crippen LogP contribution < -0.4 is 5.32 Å². The van der Waals surface area contributed by atoms with E-state index in [4.69, 9.17) is 11.6 Å². The molecule has 1 fully saturated rings. The van der Waals surface area contributed by atoms with Crippen LogP contribution in [-0.2, 0) is 0 Å². The molecule has 6 heteroatoms. The summed E-state index contributed by atoms with van der Waals surface area (Å²) < 4.78 is 0. The van der Waals surface area contributed by atoms with E-state index < -0.39 is 12.1 Å². The molecule has 5 nitrogen and oxygen atoms in total. The highest BCUT2D eigenvalue weighted by atomic mass is 35.5. The van der Waals surface area contributed by atoms with Crippen LogP contribution in [0.25, 0.3) is 0 Å². The quantitative estimate of drug-likeness (QED) is 0.883. The molecular weight excluding hydrogens is 314 g/mol. The van der Waals surface area contributed by atoms with Crippen LogP contribution in [0.2, 0.25) is 5.02 Å². The summed E-state index contributed by atoms with van der Waals surface area (Å²) in [5.41, 5.74) is 1.03. The van der Waals surface area contributed by atoms with Crippen LogP contribution in [-0.4, -0.2) is 27.0 Å². The van der Waals surface area contributed by atoms with E-state index in [1.54, 1.807) is 43.5 Å². The maximum Gasteiger partial charge on any atom is 0.270 e. The number of carbonyl (C=O) groups is 1. The number of nitrogens with zero attached hydrogens (tertiary/aromatic N) is 2. The van der Waals surface area contributed by atoms with Gasteiger partial charge in [-0.1, -0.05) is 23.7 Å². The zero-order chi connectivity index (χ0) is 16.4. The van der Waals surface area contributed by atoms with Gasteiger partial charge in [0.2, 0.25) is 0 Å². The molecule has 1 amide bonds. The highest BCUT2D eigenvalue weighted by Crippen LogP contribution is 2.37. The lowest BCUT2D eigenvalue weighted by Gasteiger charge is -2.20. The van der Waals surface area contributed by atoms with Gasteiger partial charge in [0.05, 0.1) is 12.1 Å². The summed E-state index contributed by atoms with van der Waals surface area (Å²) in [4.78, 5) is 20.8. The third-order valence-electron chi connectivity index (χ3n) is 3.89. The van der Waals surface area contributed by atoms with Crippen LogP contribution in [0.3, 0.4) is 0 Å². The van der Waals surface area contributed by atoms with Crippen molar-refractivity contribution < 1.29 is 9.90 Å². The Balaban J connectivity index is 1.66. The molecule has 0 aliphatic heterocycles. The Bertz CT molecular complexity index is 701. The number of nitrogens with one attached hydrogen (secondary N) is 1. The molecule has 1 heterocycles. The second kappa shape index (κ2) is 6.64. The molecule has 2 aromatic rings. The first-order chi connectivity index (χ1) is 11.0. The van der Waals surface area contributed by atoms with Crippen LogP contribution in [0, 0.1) is 0 Å². The van der Waals surface area contributed by atoms with Crippen molar-refractivity contribution in [2.24, 2.45) is 0 Å². The topological polar surface area (TPSA) is 75.1 Å². The number of aromatic nitrogens is 2. The molecule has 0 spiro atoms. The van der Waals surface area contributed by atoms with Gasteiger partial charge in [-0.25, -0.2) is 9.97 Å². The van der Waals surface area contributed by atoms with Gasteiger partial charge < -0.3 is 10.4 Å². The number of hydrogen-bond acceptors (Lipinski definition) is 4. The van der Waals surface area contributed by atoms with Crippen LogP contribution >= 0.6 is 11.6 Å². The molecule has 2 atom stereocenters. The minimum Gasteiger partial charge on any atom is -0.386 e. The maximum absolute atomic E-state index is 12.3. The van der Waals surface area contributed by atoms with Crippen molar-refractivity contribution in [1.82, 2.24) is 15.3 Å². The zero-order valence-electron chi connectivity index (χ0n) is 12.7. The van der Waals surface area contributed by atoms with Crippen molar-refractivity contribution >= 4 is 17.5 Å². The Morgan fingerprint density at radius 3 is 2.65 bits per heavy atom. The number of hydrogen-bond donors (Lipinski definition) is 2. The zero-order valence-corrected chi connectivity index (χ0v) is 13.5. The van der Waals surface area contributed by atoms with Gasteiger partial charge in [-0.3, -0.25) is 4.79 Å². The monoisotopic (exact) mass is 331 g/mol. The molecule has 1 aromatic carbocycles. The summed E-state index contributed by atoms with van der Waals surface area (Å²) in [6.07, 6.45) is 2.95. The van der Waals surface area contributed by atoms with Gasteiger partial charge in [0.1, 0.15) is 11.5 Å². The first kappa shape index (κ1) is 15.9. The number of rotatable bonds is 5. The molecule has 2 unspecified atom stereocenters. The van der Waals surface area contributed by atoms with E-state index in [0.717, 1.165) is 18.7 Å². The van der Waals surface area contributed by atoms with Crippen molar-refractivity contribution in [3.8, 4) is 0 Å². The standard InChI is InChI=1S/C17H18ClN3O2/c1-10(15(22)11-4-6-13(18)7-5-11)20-17(23)14-8-9-19-16(21-14)12-2-3-12/h4-10,12,15,22H,2-3H2,1H3,(H,20,23). The van der Waals surface area contributed by atoms with E-state index in [0.29, 0.717) is 22.2 Å². The van der Waals surface area contributed by atoms with Gasteiger partial charge in [-0.2, -0.15) is 0 Å². The Morgan fingerprint density at radius 1 is 1.30 bits per heavy atom. The summed E-state index contributed by atoms with van der Waals surface area (Å²) in [6, 6.07) is 8.03. The summed E-state index contributed by atoms with van der Waals surface area (Å²) >= 11 is 5.84. The summed E-state index contributed by atoms with van der Waals surface area (Å²) in [5.74, 6) is 0.804. The lowest BCUT2D eigenvalue weighted by molar-refractivity contribution is 0.0847. The average molecular weight is 332 g/mol. The first-order valence-corrected chi connectivity index (χ1v) is 7.99. The number of halogens is 1. The van der Waals surface area contributed by atoms with Crippen molar-refractivity contribution in [1.29, 1.82) is 0 Å². The molecule has 0 saturated heterocycles. The minimum atomic E-state index is -0.819. The normalized spacial score (nSPS) is 16.7. The number of aliphatic hydroxyl groups is 1. The molecule has 3 rings (SSSR count). The third kappa shape index (κ3) is 3.86. The van der Waals surface area contributed by atoms with Crippen molar-refractivity contribution in [2.45, 2.75) is 37.8 Å². The lowest BCUT2D eigenvalue weighted by Crippen LogP contribution is -2.37. The summed E-state index contributed by atoms with van der Waals surface area (Å²) in [7, 11) is 0. The predicted octanol–water partition coefficient (Wildman–Crippen LogP) is 2.86. The lowest BCUT2D eigenvalue weighted by atomic mass is 10.0. The Labute approximate surface area is 139 Å². The predicted molar refractivity (Wildman–Crippen MR) is 87.3 cm³/mol. The second-order valence-corrected chi connectivity index (χ2v) is 6.27. The Kier molecular flexibility index (Phi) is 4.59. The molecular formula is C17H18ClN3O2. The molecule has 0 bridgehead atoms. The molecule has 1 aliphatic carbocycles. The molecule has 1 aromatic heterocycles. The molecule has 1 saturated carbocycles. The number of aliphatic hydroxyl groups excluding tert-OH is 1. The second-order valence-electron chi connectivity index (χ2n) is 5.83. The highest BCUT2D eigenvalue weighted by Gasteiger charge is 2.27. The largest absolute Gasteiger partial charge is 0.386 e. The fourth-order valence-corrected chi connectivity index (χ4v) is 2.47. The average Bonchev–Trinajstić information content (AvgIpc) is 3.40. The molecule has 2 N–H and O–H groups in total. The first-order valence-electron chi connectivity index (χ1n) is 7.62. The van der Waals surface area contributed by atoms with E-state index in [1.165, 1.54) is 0 Å². The third-order valence-corrected chi connectivity index (χ3v) is 4.15. The van der Waals surface area contributed by atoms with Gasteiger partial charge in [-0.05, 0) is 43.5 Å². The fourth-order valence-electron chi connectivity index (χ4n) is 2.35. The summed E-state index contributed by atoms with van der Waals surface area (Å²) in [6.45, 7) is 1.75. The molecule has 1 aliphatic rings. The van der Waals surface area contributed by atoms with Gasteiger partial charge in [0.15, 0.2) is 0 Å². The van der Waals surface area contributed by atoms with Crippen molar-refractivity contribution in [3.63, 3.8) is 0 Å². The SMILES string of the molecule is CC(NC(=O)c1ccnc(C2CC2)n1)C(O)c1ccc(Cl)cc1. The Morgan fingerprint density at radius 2 is 2.00 bits per heavy atom. The molecule has 0 radical (unpaired) electrons. The Hall–Kier alpha value is -1.98. The molecule has 23 heavy (non-hydrogen) atoms. The maximum atomic E-state index is 12.3. The number of benzene rings is 1. The minimum absolute atomic E-state index is 0.310. The van der Waals surface area contributed by atoms with Crippen LogP contribution in [0.15, 0.2) is 36.5 Å². The number of carbonyl (C=O) groups excluding carboxylic acids is 1. The highest BCUT2D eigenvalue weighted by molar-refractivity contribution is 6.30. The van der Waals surface area contributed by atoms with Crippen molar-refractivity contribution in [2.75, 3.05) is 0 Å². The van der Waals surface area contributed by atoms with E-state index in [2.05, 4.69) is 15.3 Å². The van der Waals surface area contributed by atoms with Crippen molar-refractivity contribution in [3.05, 3.63) is 58.6 Å². The smallest absolute Gasteiger partial charge is 0.270 e. The van der Waals surface area contributed by atoms with Crippen LogP contribution in [0.1, 0.15) is 53.7 Å². The van der Waals surface area contributed by atoms with E-state index in [1.807, 2.05) is 0 Å². The summed E-state index contributed by atoms with van der Waals surface area (Å²) in [5, 5.41) is 13.7. The van der Waals surface area contributed by atoms with Gasteiger partial charge in [-0.15, -0.1) is 0 Å². The fraction of sp³-hybridized carbons (Fsp3) is 0.353. The van der Waals surface area contributed by atoms with Crippen LogP contribution in [0.5, 0.6) is 0 Å². The van der Waals surface area contributed by atoms with Gasteiger partial charge in [0.25, 0.3) is 5.91 Å².